The van der Waals surface area contributed by atoms with Gasteiger partial charge in [-0.1, -0.05) is 18.9 Å². The molecule has 4 nitrogen and oxygen atoms in total. The first-order chi connectivity index (χ1) is 10.3. The summed E-state index contributed by atoms with van der Waals surface area (Å²) in [6, 6.07) is 5.84. The Morgan fingerprint density at radius 1 is 1.18 bits per heavy atom. The number of primary amides is 1. The van der Waals surface area contributed by atoms with E-state index >= 15 is 0 Å². The average molecular weight is 314 g/mol. The third-order valence-corrected chi connectivity index (χ3v) is 3.94. The zero-order valence-corrected chi connectivity index (χ0v) is 11.8. The van der Waals surface area contributed by atoms with E-state index in [0.717, 1.165) is 0 Å². The second kappa shape index (κ2) is 6.37. The van der Waals surface area contributed by atoms with Gasteiger partial charge in [0.2, 0.25) is 11.8 Å². The molecule has 0 bridgehead atoms. The lowest BCUT2D eigenvalue weighted by Gasteiger charge is -2.32. The molecular formula is C15H17F3N2O2. The van der Waals surface area contributed by atoms with Crippen LogP contribution in [-0.2, 0) is 4.79 Å². The molecule has 7 heteroatoms. The number of benzene rings is 1. The van der Waals surface area contributed by atoms with Crippen LogP contribution in [0.2, 0.25) is 0 Å². The van der Waals surface area contributed by atoms with Crippen molar-refractivity contribution in [3.63, 3.8) is 0 Å². The molecule has 2 unspecified atom stereocenters. The fourth-order valence-electron chi connectivity index (χ4n) is 2.82. The number of alkyl halides is 3. The number of anilines is 1. The van der Waals surface area contributed by atoms with Crippen molar-refractivity contribution in [3.05, 3.63) is 29.8 Å². The molecule has 0 aliphatic heterocycles. The summed E-state index contributed by atoms with van der Waals surface area (Å²) in [6.07, 6.45) is -3.11. The summed E-state index contributed by atoms with van der Waals surface area (Å²) in [5.74, 6) is -4.03. The molecule has 2 rings (SSSR count). The zero-order chi connectivity index (χ0) is 16.3. The Labute approximate surface area is 125 Å². The summed E-state index contributed by atoms with van der Waals surface area (Å²) in [7, 11) is 0. The van der Waals surface area contributed by atoms with Crippen molar-refractivity contribution in [2.45, 2.75) is 31.9 Å². The molecule has 1 aromatic carbocycles. The van der Waals surface area contributed by atoms with Crippen molar-refractivity contribution in [2.75, 3.05) is 5.32 Å². The standard InChI is InChI=1S/C15H17F3N2O2/c16-15(17,18)12-7-2-1-6-11(12)14(22)20-10-5-3-4-9(8-10)13(19)21/h3-5,8,11-12H,1-2,6-7H2,(H2,19,21)(H,20,22). The third kappa shape index (κ3) is 3.78. The van der Waals surface area contributed by atoms with E-state index in [9.17, 15) is 22.8 Å². The molecule has 2 atom stereocenters. The van der Waals surface area contributed by atoms with E-state index in [2.05, 4.69) is 5.32 Å². The van der Waals surface area contributed by atoms with E-state index in [1.54, 1.807) is 0 Å². The Balaban J connectivity index is 2.13. The molecule has 1 fully saturated rings. The lowest BCUT2D eigenvalue weighted by atomic mass is 9.78. The van der Waals surface area contributed by atoms with Crippen LogP contribution in [0, 0.1) is 11.8 Å². The van der Waals surface area contributed by atoms with Crippen LogP contribution < -0.4 is 11.1 Å². The van der Waals surface area contributed by atoms with Crippen LogP contribution in [0.4, 0.5) is 18.9 Å². The van der Waals surface area contributed by atoms with E-state index in [1.807, 2.05) is 0 Å². The summed E-state index contributed by atoms with van der Waals surface area (Å²) in [5, 5.41) is 2.46. The van der Waals surface area contributed by atoms with Crippen LogP contribution in [0.1, 0.15) is 36.0 Å². The predicted octanol–water partition coefficient (Wildman–Crippen LogP) is 3.09. The van der Waals surface area contributed by atoms with Crippen molar-refractivity contribution in [2.24, 2.45) is 17.6 Å². The van der Waals surface area contributed by atoms with Crippen molar-refractivity contribution in [3.8, 4) is 0 Å². The molecule has 0 spiro atoms. The molecule has 2 amide bonds. The number of nitrogens with two attached hydrogens (primary N) is 1. The fourth-order valence-corrected chi connectivity index (χ4v) is 2.82. The van der Waals surface area contributed by atoms with Crippen molar-refractivity contribution in [1.29, 1.82) is 0 Å². The van der Waals surface area contributed by atoms with Gasteiger partial charge >= 0.3 is 6.18 Å². The minimum Gasteiger partial charge on any atom is -0.366 e. The van der Waals surface area contributed by atoms with Crippen LogP contribution in [0.25, 0.3) is 0 Å². The maximum atomic E-state index is 13.0. The predicted molar refractivity (Wildman–Crippen MR) is 75.1 cm³/mol. The Morgan fingerprint density at radius 3 is 2.50 bits per heavy atom. The highest BCUT2D eigenvalue weighted by Gasteiger charge is 2.48. The number of carbonyl (C=O) groups excluding carboxylic acids is 2. The maximum absolute atomic E-state index is 13.0. The molecule has 1 aliphatic rings. The lowest BCUT2D eigenvalue weighted by molar-refractivity contribution is -0.197. The van der Waals surface area contributed by atoms with Crippen LogP contribution in [0.5, 0.6) is 0 Å². The van der Waals surface area contributed by atoms with Gasteiger partial charge in [-0.3, -0.25) is 9.59 Å². The minimum atomic E-state index is -4.38. The molecular weight excluding hydrogens is 297 g/mol. The van der Waals surface area contributed by atoms with Gasteiger partial charge in [-0.05, 0) is 31.0 Å². The van der Waals surface area contributed by atoms with E-state index in [4.69, 9.17) is 5.73 Å². The first-order valence-corrected chi connectivity index (χ1v) is 7.06. The highest BCUT2D eigenvalue weighted by molar-refractivity contribution is 5.97. The Kier molecular flexibility index (Phi) is 4.73. The minimum absolute atomic E-state index is 0.0249. The van der Waals surface area contributed by atoms with Crippen LogP contribution in [-0.4, -0.2) is 18.0 Å². The topological polar surface area (TPSA) is 72.2 Å². The van der Waals surface area contributed by atoms with E-state index < -0.39 is 29.8 Å². The number of hydrogen-bond acceptors (Lipinski definition) is 2. The summed E-state index contributed by atoms with van der Waals surface area (Å²) in [6.45, 7) is 0. The summed E-state index contributed by atoms with van der Waals surface area (Å²) in [5.41, 5.74) is 5.59. The second-order valence-corrected chi connectivity index (χ2v) is 5.47. The highest BCUT2D eigenvalue weighted by Crippen LogP contribution is 2.41. The first kappa shape index (κ1) is 16.3. The number of halogens is 3. The van der Waals surface area contributed by atoms with Gasteiger partial charge < -0.3 is 11.1 Å². The average Bonchev–Trinajstić information content (AvgIpc) is 2.46. The smallest absolute Gasteiger partial charge is 0.366 e. The van der Waals surface area contributed by atoms with Crippen molar-refractivity contribution in [1.82, 2.24) is 0 Å². The largest absolute Gasteiger partial charge is 0.392 e. The van der Waals surface area contributed by atoms with Gasteiger partial charge in [0.05, 0.1) is 5.92 Å². The molecule has 1 aromatic rings. The van der Waals surface area contributed by atoms with Gasteiger partial charge in [-0.25, -0.2) is 0 Å². The van der Waals surface area contributed by atoms with Gasteiger partial charge in [0.15, 0.2) is 0 Å². The monoisotopic (exact) mass is 314 g/mol. The van der Waals surface area contributed by atoms with E-state index in [0.29, 0.717) is 12.8 Å². The highest BCUT2D eigenvalue weighted by atomic mass is 19.4. The molecule has 3 N–H and O–H groups in total. The van der Waals surface area contributed by atoms with Crippen molar-refractivity contribution >= 4 is 17.5 Å². The van der Waals surface area contributed by atoms with Gasteiger partial charge in [-0.2, -0.15) is 13.2 Å². The number of hydrogen-bond donors (Lipinski definition) is 2. The molecule has 1 aliphatic carbocycles. The van der Waals surface area contributed by atoms with Gasteiger partial charge in [0, 0.05) is 17.2 Å². The van der Waals surface area contributed by atoms with E-state index in [1.165, 1.54) is 24.3 Å². The molecule has 0 radical (unpaired) electrons. The molecule has 120 valence electrons. The Morgan fingerprint density at radius 2 is 1.86 bits per heavy atom. The summed E-state index contributed by atoms with van der Waals surface area (Å²) < 4.78 is 39.1. The van der Waals surface area contributed by atoms with Crippen LogP contribution in [0.15, 0.2) is 24.3 Å². The van der Waals surface area contributed by atoms with E-state index in [-0.39, 0.29) is 24.1 Å². The van der Waals surface area contributed by atoms with Crippen LogP contribution in [0.3, 0.4) is 0 Å². The molecule has 22 heavy (non-hydrogen) atoms. The first-order valence-electron chi connectivity index (χ1n) is 7.06. The van der Waals surface area contributed by atoms with Gasteiger partial charge in [0.25, 0.3) is 0 Å². The fraction of sp³-hybridized carbons (Fsp3) is 0.467. The van der Waals surface area contributed by atoms with Gasteiger partial charge in [0.1, 0.15) is 0 Å². The van der Waals surface area contributed by atoms with Crippen LogP contribution >= 0.6 is 0 Å². The number of carbonyl (C=O) groups is 2. The molecule has 1 saturated carbocycles. The SMILES string of the molecule is NC(=O)c1cccc(NC(=O)C2CCCCC2C(F)(F)F)c1. The lowest BCUT2D eigenvalue weighted by Crippen LogP contribution is -2.39. The summed E-state index contributed by atoms with van der Waals surface area (Å²) in [4.78, 5) is 23.3. The molecule has 0 heterocycles. The number of amides is 2. The quantitative estimate of drug-likeness (QED) is 0.900. The Hall–Kier alpha value is -2.05. The zero-order valence-electron chi connectivity index (χ0n) is 11.8. The normalized spacial score (nSPS) is 22.1. The summed E-state index contributed by atoms with van der Waals surface area (Å²) >= 11 is 0. The number of nitrogens with one attached hydrogen (secondary N) is 1. The number of rotatable bonds is 3. The maximum Gasteiger partial charge on any atom is 0.392 e. The molecule has 0 saturated heterocycles. The van der Waals surface area contributed by atoms with Crippen molar-refractivity contribution < 1.29 is 22.8 Å². The second-order valence-electron chi connectivity index (χ2n) is 5.47. The Bertz CT molecular complexity index is 572. The third-order valence-electron chi connectivity index (χ3n) is 3.94. The molecule has 0 aromatic heterocycles. The van der Waals surface area contributed by atoms with Gasteiger partial charge in [-0.15, -0.1) is 0 Å².